The summed E-state index contributed by atoms with van der Waals surface area (Å²) in [5.41, 5.74) is 1.25. The molecule has 0 bridgehead atoms. The molecule has 0 radical (unpaired) electrons. The standard InChI is InChI=1S/C22H28FN/c1-2-3-4-5-16-6-7-18-13-19(9-8-17(18)12-16)20-10-11-21(15-24)22(23)14-20/h4-5,10-11,14,16-19H,2-3,6-9,12-13H2,1H3/b5-4+. The van der Waals surface area contributed by atoms with Gasteiger partial charge in [0.1, 0.15) is 11.9 Å². The SMILES string of the molecule is CCC/C=C/C1CCC2CC(c3ccc(C#N)c(F)c3)CCC2C1. The normalized spacial score (nSPS) is 30.0. The third-order valence-electron chi connectivity index (χ3n) is 6.10. The van der Waals surface area contributed by atoms with Crippen molar-refractivity contribution in [2.45, 2.75) is 64.2 Å². The Hall–Kier alpha value is -1.62. The van der Waals surface area contributed by atoms with Crippen molar-refractivity contribution in [2.24, 2.45) is 17.8 Å². The van der Waals surface area contributed by atoms with Crippen LogP contribution in [0.3, 0.4) is 0 Å². The second-order valence-corrected chi connectivity index (χ2v) is 7.67. The maximum Gasteiger partial charge on any atom is 0.141 e. The van der Waals surface area contributed by atoms with E-state index in [0.29, 0.717) is 5.92 Å². The van der Waals surface area contributed by atoms with Crippen LogP contribution in [-0.4, -0.2) is 0 Å². The molecule has 1 aromatic rings. The Bertz CT molecular complexity index is 627. The number of hydrogen-bond donors (Lipinski definition) is 0. The smallest absolute Gasteiger partial charge is 0.141 e. The third kappa shape index (κ3) is 3.89. The van der Waals surface area contributed by atoms with Crippen LogP contribution in [0.2, 0.25) is 0 Å². The van der Waals surface area contributed by atoms with E-state index in [9.17, 15) is 4.39 Å². The van der Waals surface area contributed by atoms with Crippen LogP contribution in [0.1, 0.15) is 75.3 Å². The summed E-state index contributed by atoms with van der Waals surface area (Å²) < 4.78 is 13.9. The fraction of sp³-hybridized carbons (Fsp3) is 0.591. The van der Waals surface area contributed by atoms with Crippen molar-refractivity contribution in [3.63, 3.8) is 0 Å². The lowest BCUT2D eigenvalue weighted by atomic mass is 9.64. The van der Waals surface area contributed by atoms with E-state index in [1.807, 2.05) is 12.1 Å². The zero-order chi connectivity index (χ0) is 16.9. The molecule has 4 atom stereocenters. The minimum Gasteiger partial charge on any atom is -0.206 e. The summed E-state index contributed by atoms with van der Waals surface area (Å²) in [7, 11) is 0. The quantitative estimate of drug-likeness (QED) is 0.591. The first-order chi connectivity index (χ1) is 11.7. The zero-order valence-corrected chi connectivity index (χ0v) is 14.7. The zero-order valence-electron chi connectivity index (χ0n) is 14.7. The van der Waals surface area contributed by atoms with Crippen LogP contribution < -0.4 is 0 Å². The van der Waals surface area contributed by atoms with Gasteiger partial charge in [-0.05, 0) is 86.3 Å². The maximum absolute atomic E-state index is 13.9. The summed E-state index contributed by atoms with van der Waals surface area (Å²) in [5.74, 6) is 2.55. The van der Waals surface area contributed by atoms with Crippen LogP contribution in [-0.2, 0) is 0 Å². The number of hydrogen-bond acceptors (Lipinski definition) is 1. The molecular formula is C22H28FN. The molecule has 0 amide bonds. The van der Waals surface area contributed by atoms with Crippen LogP contribution in [0.4, 0.5) is 4.39 Å². The number of unbranched alkanes of at least 4 members (excludes halogenated alkanes) is 1. The van der Waals surface area contributed by atoms with Gasteiger partial charge in [-0.2, -0.15) is 5.26 Å². The molecule has 4 unspecified atom stereocenters. The van der Waals surface area contributed by atoms with Gasteiger partial charge in [0, 0.05) is 0 Å². The maximum atomic E-state index is 13.9. The van der Waals surface area contributed by atoms with Crippen LogP contribution in [0.5, 0.6) is 0 Å². The van der Waals surface area contributed by atoms with E-state index in [1.54, 1.807) is 12.1 Å². The Kier molecular flexibility index (Phi) is 5.72. The Morgan fingerprint density at radius 1 is 1.17 bits per heavy atom. The lowest BCUT2D eigenvalue weighted by molar-refractivity contribution is 0.133. The van der Waals surface area contributed by atoms with Gasteiger partial charge in [-0.3, -0.25) is 0 Å². The molecule has 0 saturated heterocycles. The summed E-state index contributed by atoms with van der Waals surface area (Å²) in [4.78, 5) is 0. The molecule has 1 aromatic carbocycles. The molecule has 0 aliphatic heterocycles. The minimum atomic E-state index is -0.359. The number of nitriles is 1. The van der Waals surface area contributed by atoms with E-state index in [0.717, 1.165) is 29.7 Å². The average Bonchev–Trinajstić information content (AvgIpc) is 2.61. The Balaban J connectivity index is 1.60. The highest BCUT2D eigenvalue weighted by Crippen LogP contribution is 2.47. The molecule has 2 fully saturated rings. The molecule has 3 rings (SSSR count). The Labute approximate surface area is 145 Å². The second kappa shape index (κ2) is 7.97. The number of nitrogens with zero attached hydrogens (tertiary/aromatic N) is 1. The van der Waals surface area contributed by atoms with E-state index in [4.69, 9.17) is 5.26 Å². The highest BCUT2D eigenvalue weighted by molar-refractivity contribution is 5.35. The molecule has 0 spiro atoms. The van der Waals surface area contributed by atoms with Gasteiger partial charge < -0.3 is 0 Å². The molecular weight excluding hydrogens is 297 g/mol. The molecule has 2 aliphatic carbocycles. The first-order valence-corrected chi connectivity index (χ1v) is 9.57. The van der Waals surface area contributed by atoms with Gasteiger partial charge in [0.2, 0.25) is 0 Å². The lowest BCUT2D eigenvalue weighted by Crippen LogP contribution is -2.30. The van der Waals surface area contributed by atoms with Crippen molar-refractivity contribution in [1.29, 1.82) is 5.26 Å². The van der Waals surface area contributed by atoms with Crippen LogP contribution in [0.25, 0.3) is 0 Å². The number of allylic oxidation sites excluding steroid dienone is 2. The summed E-state index contributed by atoms with van der Waals surface area (Å²) >= 11 is 0. The van der Waals surface area contributed by atoms with Crippen molar-refractivity contribution in [2.75, 3.05) is 0 Å². The summed E-state index contributed by atoms with van der Waals surface area (Å²) in [6.45, 7) is 2.23. The van der Waals surface area contributed by atoms with E-state index >= 15 is 0 Å². The van der Waals surface area contributed by atoms with Gasteiger partial charge in [-0.1, -0.05) is 31.6 Å². The molecule has 2 aliphatic rings. The van der Waals surface area contributed by atoms with Crippen molar-refractivity contribution in [3.8, 4) is 6.07 Å². The van der Waals surface area contributed by atoms with Gasteiger partial charge in [-0.25, -0.2) is 4.39 Å². The fourth-order valence-electron chi connectivity index (χ4n) is 4.73. The highest BCUT2D eigenvalue weighted by Gasteiger charge is 2.35. The molecule has 0 aromatic heterocycles. The number of fused-ring (bicyclic) bond motifs is 1. The summed E-state index contributed by atoms with van der Waals surface area (Å²) in [5, 5.41) is 8.88. The third-order valence-corrected chi connectivity index (χ3v) is 6.10. The van der Waals surface area contributed by atoms with E-state index < -0.39 is 0 Å². The number of rotatable bonds is 4. The molecule has 0 N–H and O–H groups in total. The largest absolute Gasteiger partial charge is 0.206 e. The topological polar surface area (TPSA) is 23.8 Å². The average molecular weight is 325 g/mol. The Morgan fingerprint density at radius 2 is 1.96 bits per heavy atom. The first kappa shape index (κ1) is 17.2. The van der Waals surface area contributed by atoms with Gasteiger partial charge in [0.05, 0.1) is 5.56 Å². The predicted molar refractivity (Wildman–Crippen MR) is 96.1 cm³/mol. The van der Waals surface area contributed by atoms with E-state index in [1.165, 1.54) is 44.9 Å². The highest BCUT2D eigenvalue weighted by atomic mass is 19.1. The Morgan fingerprint density at radius 3 is 2.71 bits per heavy atom. The fourth-order valence-corrected chi connectivity index (χ4v) is 4.73. The molecule has 0 heterocycles. The molecule has 128 valence electrons. The molecule has 2 heteroatoms. The summed E-state index contributed by atoms with van der Waals surface area (Å²) in [6, 6.07) is 7.12. The van der Waals surface area contributed by atoms with Gasteiger partial charge in [0.25, 0.3) is 0 Å². The van der Waals surface area contributed by atoms with Crippen molar-refractivity contribution in [3.05, 3.63) is 47.3 Å². The van der Waals surface area contributed by atoms with Crippen molar-refractivity contribution in [1.82, 2.24) is 0 Å². The second-order valence-electron chi connectivity index (χ2n) is 7.67. The lowest BCUT2D eigenvalue weighted by Gasteiger charge is -2.41. The van der Waals surface area contributed by atoms with E-state index in [-0.39, 0.29) is 11.4 Å². The predicted octanol–water partition coefficient (Wildman–Crippen LogP) is 6.35. The van der Waals surface area contributed by atoms with Crippen molar-refractivity contribution >= 4 is 0 Å². The van der Waals surface area contributed by atoms with Crippen LogP contribution in [0, 0.1) is 34.9 Å². The molecule has 2 saturated carbocycles. The molecule has 1 nitrogen and oxygen atoms in total. The monoisotopic (exact) mass is 325 g/mol. The number of benzene rings is 1. The van der Waals surface area contributed by atoms with Gasteiger partial charge in [-0.15, -0.1) is 0 Å². The molecule has 24 heavy (non-hydrogen) atoms. The van der Waals surface area contributed by atoms with Gasteiger partial charge >= 0.3 is 0 Å². The first-order valence-electron chi connectivity index (χ1n) is 9.57. The van der Waals surface area contributed by atoms with Gasteiger partial charge in [0.15, 0.2) is 0 Å². The van der Waals surface area contributed by atoms with Crippen LogP contribution in [0.15, 0.2) is 30.4 Å². The van der Waals surface area contributed by atoms with E-state index in [2.05, 4.69) is 19.1 Å². The van der Waals surface area contributed by atoms with Crippen molar-refractivity contribution < 1.29 is 4.39 Å². The summed E-state index contributed by atoms with van der Waals surface area (Å²) in [6.07, 6.45) is 14.9. The number of halogens is 1. The van der Waals surface area contributed by atoms with Crippen LogP contribution >= 0.6 is 0 Å². The minimum absolute atomic E-state index is 0.159.